The number of primary amides is 1. The fraction of sp³-hybridized carbons (Fsp3) is 0.462. The van der Waals surface area contributed by atoms with E-state index in [-0.39, 0.29) is 24.7 Å². The molecule has 1 aromatic carbocycles. The third kappa shape index (κ3) is 3.17. The van der Waals surface area contributed by atoms with Gasteiger partial charge in [0.2, 0.25) is 15.9 Å². The van der Waals surface area contributed by atoms with Crippen LogP contribution in [0.3, 0.4) is 0 Å². The first-order chi connectivity index (χ1) is 9.84. The minimum absolute atomic E-state index is 0.0120. The van der Waals surface area contributed by atoms with Gasteiger partial charge in [0.1, 0.15) is 6.04 Å². The van der Waals surface area contributed by atoms with Crippen molar-refractivity contribution in [3.05, 3.63) is 24.3 Å². The monoisotopic (exact) mass is 313 g/mol. The number of anilines is 1. The second-order valence-electron chi connectivity index (χ2n) is 5.00. The van der Waals surface area contributed by atoms with Gasteiger partial charge in [-0.25, -0.2) is 8.42 Å². The van der Waals surface area contributed by atoms with Crippen LogP contribution in [0.15, 0.2) is 29.2 Å². The van der Waals surface area contributed by atoms with Crippen molar-refractivity contribution < 1.29 is 17.9 Å². The largest absolute Gasteiger partial charge is 0.378 e. The predicted octanol–water partition coefficient (Wildman–Crippen LogP) is -0.373. The summed E-state index contributed by atoms with van der Waals surface area (Å²) in [5.41, 5.74) is 6.04. The van der Waals surface area contributed by atoms with E-state index >= 15 is 0 Å². The number of hydrogen-bond acceptors (Lipinski definition) is 5. The number of sulfonamides is 1. The smallest absolute Gasteiger partial charge is 0.244 e. The van der Waals surface area contributed by atoms with E-state index in [1.54, 1.807) is 12.1 Å². The molecule has 1 aliphatic rings. The number of rotatable bonds is 4. The zero-order chi connectivity index (χ0) is 15.6. The van der Waals surface area contributed by atoms with E-state index in [2.05, 4.69) is 0 Å². The van der Waals surface area contributed by atoms with Gasteiger partial charge in [-0.1, -0.05) is 6.07 Å². The molecular weight excluding hydrogens is 294 g/mol. The molecule has 1 unspecified atom stereocenters. The van der Waals surface area contributed by atoms with Crippen molar-refractivity contribution in [3.8, 4) is 0 Å². The summed E-state index contributed by atoms with van der Waals surface area (Å²) in [5, 5.41) is 0. The Hall–Kier alpha value is -1.64. The summed E-state index contributed by atoms with van der Waals surface area (Å²) in [4.78, 5) is 13.4. The molecule has 1 fully saturated rings. The van der Waals surface area contributed by atoms with Crippen molar-refractivity contribution in [2.24, 2.45) is 5.73 Å². The van der Waals surface area contributed by atoms with Crippen LogP contribution in [0.1, 0.15) is 0 Å². The number of ether oxygens (including phenoxy) is 1. The molecule has 7 nitrogen and oxygen atoms in total. The minimum Gasteiger partial charge on any atom is -0.378 e. The molecule has 1 aliphatic heterocycles. The number of amides is 1. The molecule has 116 valence electrons. The molecule has 1 amide bonds. The van der Waals surface area contributed by atoms with Crippen molar-refractivity contribution in [3.63, 3.8) is 0 Å². The Morgan fingerprint density at radius 2 is 2.14 bits per heavy atom. The summed E-state index contributed by atoms with van der Waals surface area (Å²) in [6, 6.07) is 5.59. The Morgan fingerprint density at radius 3 is 2.76 bits per heavy atom. The molecule has 1 aromatic rings. The lowest BCUT2D eigenvalue weighted by atomic mass is 10.3. The number of carbonyl (C=O) groups is 1. The van der Waals surface area contributed by atoms with Crippen molar-refractivity contribution in [1.29, 1.82) is 0 Å². The highest BCUT2D eigenvalue weighted by molar-refractivity contribution is 7.89. The predicted molar refractivity (Wildman–Crippen MR) is 78.5 cm³/mol. The molecular formula is C13H19N3O4S. The average molecular weight is 313 g/mol. The first kappa shape index (κ1) is 15.7. The SMILES string of the molecule is CN(C)c1cccc(S(=O)(=O)N2CCOCC2C(N)=O)c1. The summed E-state index contributed by atoms with van der Waals surface area (Å²) < 4.78 is 31.7. The van der Waals surface area contributed by atoms with Gasteiger partial charge in [0.15, 0.2) is 0 Å². The number of hydrogen-bond donors (Lipinski definition) is 1. The summed E-state index contributed by atoms with van der Waals surface area (Å²) >= 11 is 0. The highest BCUT2D eigenvalue weighted by atomic mass is 32.2. The van der Waals surface area contributed by atoms with Gasteiger partial charge < -0.3 is 15.4 Å². The zero-order valence-electron chi connectivity index (χ0n) is 12.0. The van der Waals surface area contributed by atoms with E-state index in [9.17, 15) is 13.2 Å². The molecule has 0 aromatic heterocycles. The van der Waals surface area contributed by atoms with Crippen LogP contribution in [0, 0.1) is 0 Å². The van der Waals surface area contributed by atoms with Crippen LogP contribution in [-0.4, -0.2) is 58.5 Å². The molecule has 0 radical (unpaired) electrons. The van der Waals surface area contributed by atoms with E-state index in [1.165, 1.54) is 6.07 Å². The fourth-order valence-corrected chi connectivity index (χ4v) is 3.76. The van der Waals surface area contributed by atoms with Gasteiger partial charge in [-0.3, -0.25) is 4.79 Å². The maximum Gasteiger partial charge on any atom is 0.244 e. The van der Waals surface area contributed by atoms with E-state index in [4.69, 9.17) is 10.5 Å². The molecule has 1 atom stereocenters. The van der Waals surface area contributed by atoms with Gasteiger partial charge in [-0.05, 0) is 18.2 Å². The van der Waals surface area contributed by atoms with Crippen LogP contribution in [0.25, 0.3) is 0 Å². The number of nitrogens with two attached hydrogens (primary N) is 1. The second-order valence-corrected chi connectivity index (χ2v) is 6.89. The quantitative estimate of drug-likeness (QED) is 0.818. The third-order valence-electron chi connectivity index (χ3n) is 3.35. The second kappa shape index (κ2) is 6.00. The normalized spacial score (nSPS) is 20.2. The Bertz CT molecular complexity index is 630. The van der Waals surface area contributed by atoms with E-state index < -0.39 is 22.0 Å². The number of carbonyl (C=O) groups excluding carboxylic acids is 1. The maximum absolute atomic E-state index is 12.7. The van der Waals surface area contributed by atoms with Gasteiger partial charge in [-0.2, -0.15) is 4.31 Å². The van der Waals surface area contributed by atoms with Gasteiger partial charge in [-0.15, -0.1) is 0 Å². The molecule has 1 saturated heterocycles. The average Bonchev–Trinajstić information content (AvgIpc) is 2.47. The first-order valence-corrected chi connectivity index (χ1v) is 7.94. The van der Waals surface area contributed by atoms with Crippen LogP contribution in [-0.2, 0) is 19.6 Å². The standard InChI is InChI=1S/C13H19N3O4S/c1-15(2)10-4-3-5-11(8-10)21(18,19)16-6-7-20-9-12(16)13(14)17/h3-5,8,12H,6-7,9H2,1-2H3,(H2,14,17). The molecule has 21 heavy (non-hydrogen) atoms. The molecule has 0 aliphatic carbocycles. The van der Waals surface area contributed by atoms with Gasteiger partial charge in [0, 0.05) is 26.3 Å². The van der Waals surface area contributed by atoms with E-state index in [1.807, 2.05) is 25.1 Å². The molecule has 2 N–H and O–H groups in total. The molecule has 0 bridgehead atoms. The lowest BCUT2D eigenvalue weighted by molar-refractivity contribution is -0.125. The first-order valence-electron chi connectivity index (χ1n) is 6.50. The highest BCUT2D eigenvalue weighted by Gasteiger charge is 2.37. The van der Waals surface area contributed by atoms with Crippen molar-refractivity contribution in [2.45, 2.75) is 10.9 Å². The summed E-state index contributed by atoms with van der Waals surface area (Å²) in [5.74, 6) is -0.706. The number of benzene rings is 1. The van der Waals surface area contributed by atoms with Crippen LogP contribution < -0.4 is 10.6 Å². The fourth-order valence-electron chi connectivity index (χ4n) is 2.16. The Labute approximate surface area is 124 Å². The van der Waals surface area contributed by atoms with Crippen molar-refractivity contribution in [1.82, 2.24) is 4.31 Å². The lowest BCUT2D eigenvalue weighted by Gasteiger charge is -2.32. The van der Waals surface area contributed by atoms with Crippen LogP contribution in [0.4, 0.5) is 5.69 Å². The van der Waals surface area contributed by atoms with E-state index in [0.29, 0.717) is 0 Å². The lowest BCUT2D eigenvalue weighted by Crippen LogP contribution is -2.54. The summed E-state index contributed by atoms with van der Waals surface area (Å²) in [6.07, 6.45) is 0. The Balaban J connectivity index is 2.40. The summed E-state index contributed by atoms with van der Waals surface area (Å²) in [7, 11) is -0.134. The van der Waals surface area contributed by atoms with Crippen molar-refractivity contribution in [2.75, 3.05) is 38.8 Å². The van der Waals surface area contributed by atoms with Crippen LogP contribution in [0.5, 0.6) is 0 Å². The number of morpholine rings is 1. The van der Waals surface area contributed by atoms with E-state index in [0.717, 1.165) is 9.99 Å². The van der Waals surface area contributed by atoms with Crippen molar-refractivity contribution >= 4 is 21.6 Å². The number of nitrogens with zero attached hydrogens (tertiary/aromatic N) is 2. The van der Waals surface area contributed by atoms with Crippen LogP contribution >= 0.6 is 0 Å². The zero-order valence-corrected chi connectivity index (χ0v) is 12.8. The molecule has 0 spiro atoms. The Morgan fingerprint density at radius 1 is 1.43 bits per heavy atom. The molecule has 2 rings (SSSR count). The molecule has 0 saturated carbocycles. The maximum atomic E-state index is 12.7. The highest BCUT2D eigenvalue weighted by Crippen LogP contribution is 2.23. The summed E-state index contributed by atoms with van der Waals surface area (Å²) in [6.45, 7) is 0.348. The van der Waals surface area contributed by atoms with Crippen LogP contribution in [0.2, 0.25) is 0 Å². The third-order valence-corrected chi connectivity index (χ3v) is 5.25. The van der Waals surface area contributed by atoms with Gasteiger partial charge in [0.25, 0.3) is 0 Å². The minimum atomic E-state index is -3.79. The molecule has 1 heterocycles. The molecule has 8 heteroatoms. The van der Waals surface area contributed by atoms with Gasteiger partial charge >= 0.3 is 0 Å². The Kier molecular flexibility index (Phi) is 4.50. The van der Waals surface area contributed by atoms with Gasteiger partial charge in [0.05, 0.1) is 18.1 Å². The topological polar surface area (TPSA) is 92.9 Å².